The Labute approximate surface area is 289 Å². The minimum Gasteiger partial charge on any atom is -0.494 e. The summed E-state index contributed by atoms with van der Waals surface area (Å²) in [6.45, 7) is 6.79. The standard InChI is InChI=1S/C33H41BrN10O3S/c1-20-15-27(29(47-3)18-28(20)44-21-5-6-22(44)17-23(16-21)43-13-11-42(2)12-14-43)39-33-37-19-24(34)32(40-33)38-26-8-7-25-30(36-10-9-35-25)31(26)41-48(4,45)46/h7-10,15,18-19,21-23,41H,5-6,11-14,16-17H2,1-4H3,(H2,37,38,39,40)/t21-,22+,23-. The Bertz CT molecular complexity index is 1920. The molecular formula is C33H41BrN10O3S. The Kier molecular flexibility index (Phi) is 9.04. The summed E-state index contributed by atoms with van der Waals surface area (Å²) in [7, 11) is 0.286. The summed E-state index contributed by atoms with van der Waals surface area (Å²) >= 11 is 3.53. The normalized spacial score (nSPS) is 21.8. The number of methoxy groups -OCH3 is 1. The van der Waals surface area contributed by atoms with Gasteiger partial charge in [-0.05, 0) is 79.3 Å². The molecule has 0 radical (unpaired) electrons. The number of hydrogen-bond acceptors (Lipinski definition) is 12. The van der Waals surface area contributed by atoms with Crippen LogP contribution in [0.4, 0.5) is 34.5 Å². The molecule has 3 aliphatic rings. The van der Waals surface area contributed by atoms with Crippen molar-refractivity contribution in [3.8, 4) is 5.75 Å². The summed E-state index contributed by atoms with van der Waals surface area (Å²) in [6, 6.07) is 9.48. The highest BCUT2D eigenvalue weighted by Gasteiger charge is 2.43. The predicted molar refractivity (Wildman–Crippen MR) is 193 cm³/mol. The molecule has 254 valence electrons. The first kappa shape index (κ1) is 32.7. The van der Waals surface area contributed by atoms with E-state index < -0.39 is 10.0 Å². The average Bonchev–Trinajstić information content (AvgIpc) is 3.31. The number of fused-ring (bicyclic) bond motifs is 3. The first-order valence-electron chi connectivity index (χ1n) is 16.2. The van der Waals surface area contributed by atoms with Crippen LogP contribution in [-0.2, 0) is 10.0 Å². The molecule has 13 nitrogen and oxygen atoms in total. The molecule has 2 bridgehead atoms. The van der Waals surface area contributed by atoms with Crippen LogP contribution >= 0.6 is 15.9 Å². The van der Waals surface area contributed by atoms with E-state index in [9.17, 15) is 8.42 Å². The van der Waals surface area contributed by atoms with E-state index in [0.29, 0.717) is 56.8 Å². The maximum Gasteiger partial charge on any atom is 0.229 e. The zero-order valence-electron chi connectivity index (χ0n) is 27.6. The Hall–Kier alpha value is -3.79. The van der Waals surface area contributed by atoms with Crippen LogP contribution in [0, 0.1) is 6.92 Å². The van der Waals surface area contributed by atoms with Crippen LogP contribution in [0.25, 0.3) is 11.0 Å². The van der Waals surface area contributed by atoms with Crippen molar-refractivity contribution >= 4 is 71.5 Å². The molecule has 3 N–H and O–H groups in total. The molecule has 0 aliphatic carbocycles. The van der Waals surface area contributed by atoms with Crippen LogP contribution < -0.4 is 25.0 Å². The maximum absolute atomic E-state index is 12.3. The molecule has 4 aromatic rings. The number of aromatic nitrogens is 4. The van der Waals surface area contributed by atoms with Crippen LogP contribution in [0.15, 0.2) is 47.3 Å². The van der Waals surface area contributed by atoms with Crippen molar-refractivity contribution in [2.45, 2.75) is 50.7 Å². The Morgan fingerprint density at radius 2 is 1.67 bits per heavy atom. The molecule has 2 aromatic carbocycles. The van der Waals surface area contributed by atoms with Crippen molar-refractivity contribution in [2.75, 3.05) is 66.8 Å². The first-order valence-corrected chi connectivity index (χ1v) is 18.9. The first-order chi connectivity index (χ1) is 23.1. The number of nitrogens with zero attached hydrogens (tertiary/aromatic N) is 7. The molecule has 3 aliphatic heterocycles. The quantitative estimate of drug-likeness (QED) is 0.211. The Morgan fingerprint density at radius 3 is 2.38 bits per heavy atom. The highest BCUT2D eigenvalue weighted by molar-refractivity contribution is 9.10. The number of rotatable bonds is 9. The zero-order valence-corrected chi connectivity index (χ0v) is 30.0. The minimum atomic E-state index is -3.61. The molecular weight excluding hydrogens is 696 g/mol. The van der Waals surface area contributed by atoms with E-state index >= 15 is 0 Å². The number of benzene rings is 2. The van der Waals surface area contributed by atoms with Gasteiger partial charge in [-0.1, -0.05) is 0 Å². The second-order valence-corrected chi connectivity index (χ2v) is 15.6. The van der Waals surface area contributed by atoms with E-state index in [2.05, 4.69) is 87.0 Å². The molecule has 3 fully saturated rings. The number of nitrogens with one attached hydrogen (secondary N) is 3. The fourth-order valence-corrected chi connectivity index (χ4v) is 8.31. The summed E-state index contributed by atoms with van der Waals surface area (Å²) in [4.78, 5) is 25.7. The number of aryl methyl sites for hydroxylation is 1. The van der Waals surface area contributed by atoms with Crippen molar-refractivity contribution in [3.05, 3.63) is 52.9 Å². The highest BCUT2D eigenvalue weighted by Crippen LogP contribution is 2.45. The van der Waals surface area contributed by atoms with E-state index in [0.717, 1.165) is 30.6 Å². The van der Waals surface area contributed by atoms with Crippen LogP contribution in [0.1, 0.15) is 31.2 Å². The van der Waals surface area contributed by atoms with Gasteiger partial charge in [-0.25, -0.2) is 13.4 Å². The summed E-state index contributed by atoms with van der Waals surface area (Å²) in [5.74, 6) is 1.49. The average molecular weight is 738 g/mol. The number of hydrogen-bond donors (Lipinski definition) is 3. The third-order valence-electron chi connectivity index (χ3n) is 9.73. The van der Waals surface area contributed by atoms with Gasteiger partial charge in [-0.3, -0.25) is 19.6 Å². The second-order valence-electron chi connectivity index (χ2n) is 13.0. The van der Waals surface area contributed by atoms with Crippen LogP contribution in [-0.4, -0.2) is 103 Å². The topological polar surface area (TPSA) is 141 Å². The molecule has 0 unspecified atom stereocenters. The SMILES string of the molecule is COc1cc(N2[C@@H]3CC[C@H]2C[C@H](N2CCN(C)CC2)C3)c(C)cc1Nc1ncc(Br)c(Nc2ccc3nccnc3c2NS(C)(=O)=O)n1. The highest BCUT2D eigenvalue weighted by atomic mass is 79.9. The van der Waals surface area contributed by atoms with Crippen molar-refractivity contribution in [3.63, 3.8) is 0 Å². The zero-order chi connectivity index (χ0) is 33.6. The molecule has 3 saturated heterocycles. The second kappa shape index (κ2) is 13.3. The monoisotopic (exact) mass is 736 g/mol. The van der Waals surface area contributed by atoms with Gasteiger partial charge in [0.25, 0.3) is 0 Å². The van der Waals surface area contributed by atoms with Gasteiger partial charge in [-0.2, -0.15) is 4.98 Å². The van der Waals surface area contributed by atoms with Gasteiger partial charge in [0.05, 0.1) is 40.4 Å². The molecule has 15 heteroatoms. The number of likely N-dealkylation sites (N-methyl/N-ethyl adjacent to an activating group) is 1. The maximum atomic E-state index is 12.3. The number of sulfonamides is 1. The van der Waals surface area contributed by atoms with Gasteiger partial charge in [0, 0.05) is 74.6 Å². The van der Waals surface area contributed by atoms with E-state index in [4.69, 9.17) is 9.72 Å². The lowest BCUT2D eigenvalue weighted by Crippen LogP contribution is -2.55. The van der Waals surface area contributed by atoms with E-state index in [1.165, 1.54) is 50.7 Å². The van der Waals surface area contributed by atoms with Crippen LogP contribution in [0.5, 0.6) is 5.75 Å². The van der Waals surface area contributed by atoms with Crippen molar-refractivity contribution < 1.29 is 13.2 Å². The van der Waals surface area contributed by atoms with E-state index in [-0.39, 0.29) is 5.69 Å². The van der Waals surface area contributed by atoms with Gasteiger partial charge in [0.1, 0.15) is 17.1 Å². The van der Waals surface area contributed by atoms with Crippen molar-refractivity contribution in [1.29, 1.82) is 0 Å². The summed E-state index contributed by atoms with van der Waals surface area (Å²) in [5, 5.41) is 6.59. The predicted octanol–water partition coefficient (Wildman–Crippen LogP) is 5.11. The lowest BCUT2D eigenvalue weighted by molar-refractivity contribution is 0.0895. The molecule has 0 saturated carbocycles. The van der Waals surface area contributed by atoms with Gasteiger partial charge in [-0.15, -0.1) is 0 Å². The third-order valence-corrected chi connectivity index (χ3v) is 10.9. The summed E-state index contributed by atoms with van der Waals surface area (Å²) in [6.07, 6.45) is 10.7. The van der Waals surface area contributed by atoms with Crippen LogP contribution in [0.3, 0.4) is 0 Å². The number of piperidine rings is 1. The van der Waals surface area contributed by atoms with Gasteiger partial charge in [0.15, 0.2) is 0 Å². The Morgan fingerprint density at radius 1 is 0.938 bits per heavy atom. The molecule has 5 heterocycles. The summed E-state index contributed by atoms with van der Waals surface area (Å²) in [5.41, 5.74) is 4.85. The lowest BCUT2D eigenvalue weighted by Gasteiger charge is -2.46. The molecule has 2 aromatic heterocycles. The molecule has 7 rings (SSSR count). The van der Waals surface area contributed by atoms with E-state index in [1.807, 2.05) is 0 Å². The van der Waals surface area contributed by atoms with Crippen molar-refractivity contribution in [2.24, 2.45) is 0 Å². The number of ether oxygens (including phenoxy) is 1. The minimum absolute atomic E-state index is 0.275. The third kappa shape index (κ3) is 6.73. The smallest absolute Gasteiger partial charge is 0.229 e. The number of anilines is 6. The molecule has 0 amide bonds. The fourth-order valence-electron chi connectivity index (χ4n) is 7.44. The lowest BCUT2D eigenvalue weighted by atomic mass is 9.93. The Balaban J connectivity index is 1.12. The molecule has 48 heavy (non-hydrogen) atoms. The van der Waals surface area contributed by atoms with Crippen molar-refractivity contribution in [1.82, 2.24) is 29.7 Å². The molecule has 3 atom stereocenters. The van der Waals surface area contributed by atoms with Gasteiger partial charge < -0.3 is 25.2 Å². The fraction of sp³-hybridized carbons (Fsp3) is 0.455. The van der Waals surface area contributed by atoms with Gasteiger partial charge >= 0.3 is 0 Å². The summed E-state index contributed by atoms with van der Waals surface area (Å²) < 4.78 is 33.6. The van der Waals surface area contributed by atoms with Crippen LogP contribution in [0.2, 0.25) is 0 Å². The van der Waals surface area contributed by atoms with E-state index in [1.54, 1.807) is 31.6 Å². The number of piperazine rings is 1. The number of halogens is 1. The van der Waals surface area contributed by atoms with Gasteiger partial charge in [0.2, 0.25) is 16.0 Å². The molecule has 0 spiro atoms. The largest absolute Gasteiger partial charge is 0.494 e.